The summed E-state index contributed by atoms with van der Waals surface area (Å²) in [5.74, 6) is 0. The second-order valence-corrected chi connectivity index (χ2v) is 23.5. The summed E-state index contributed by atoms with van der Waals surface area (Å²) in [5.41, 5.74) is 31.0. The summed E-state index contributed by atoms with van der Waals surface area (Å²) < 4.78 is 4.85. The molecular formula is C86H58N2. The lowest BCUT2D eigenvalue weighted by Gasteiger charge is -2.30. The number of aromatic nitrogens is 2. The van der Waals surface area contributed by atoms with Gasteiger partial charge >= 0.3 is 0 Å². The SMILES string of the molecule is C=C/C=C(\C=C(/C)c1cccc2c1-c1ccccc1C21c2ccccc2-c2c(-c3cccc(-c4cccc5c4c4cc(-c6ccccc6)ccc4n5-c4ccccc4)c3)cccc21)c1cccc2c1c1cc(-c3ccccc3)ccc1n2-c1ccccc1. The molecule has 0 saturated heterocycles. The van der Waals surface area contributed by atoms with E-state index >= 15 is 0 Å². The number of rotatable bonds is 10. The quantitative estimate of drug-likeness (QED) is 0.121. The molecule has 0 N–H and O–H groups in total. The van der Waals surface area contributed by atoms with Crippen LogP contribution in [0.1, 0.15) is 40.3 Å². The molecule has 1 unspecified atom stereocenters. The van der Waals surface area contributed by atoms with Crippen LogP contribution in [0.25, 0.3) is 133 Å². The molecule has 0 saturated carbocycles. The molecule has 2 aromatic heterocycles. The van der Waals surface area contributed by atoms with Crippen molar-refractivity contribution in [1.29, 1.82) is 0 Å². The van der Waals surface area contributed by atoms with E-state index in [4.69, 9.17) is 0 Å². The van der Waals surface area contributed by atoms with E-state index < -0.39 is 5.41 Å². The monoisotopic (exact) mass is 1120 g/mol. The summed E-state index contributed by atoms with van der Waals surface area (Å²) in [4.78, 5) is 0. The Balaban J connectivity index is 0.825. The molecule has 13 aromatic carbocycles. The molecule has 2 heterocycles. The molecule has 0 fully saturated rings. The third kappa shape index (κ3) is 7.69. The first kappa shape index (κ1) is 51.1. The average molecular weight is 1120 g/mol. The minimum absolute atomic E-state index is 0.565. The van der Waals surface area contributed by atoms with Crippen LogP contribution in [-0.2, 0) is 5.41 Å². The van der Waals surface area contributed by atoms with Gasteiger partial charge in [-0.1, -0.05) is 261 Å². The Bertz CT molecular complexity index is 5380. The van der Waals surface area contributed by atoms with Crippen molar-refractivity contribution in [2.45, 2.75) is 12.3 Å². The van der Waals surface area contributed by atoms with E-state index in [1.165, 1.54) is 138 Å². The normalized spacial score (nSPS) is 14.2. The topological polar surface area (TPSA) is 9.86 Å². The fraction of sp³-hybridized carbons (Fsp3) is 0.0233. The van der Waals surface area contributed by atoms with Crippen LogP contribution in [0, 0.1) is 0 Å². The second-order valence-electron chi connectivity index (χ2n) is 23.5. The van der Waals surface area contributed by atoms with E-state index in [0.29, 0.717) is 0 Å². The Hall–Kier alpha value is -11.3. The van der Waals surface area contributed by atoms with Crippen LogP contribution in [0.3, 0.4) is 0 Å². The maximum atomic E-state index is 4.32. The highest BCUT2D eigenvalue weighted by Crippen LogP contribution is 2.65. The van der Waals surface area contributed by atoms with Gasteiger partial charge in [-0.3, -0.25) is 0 Å². The summed E-state index contributed by atoms with van der Waals surface area (Å²) in [6, 6.07) is 112. The van der Waals surface area contributed by atoms with Crippen LogP contribution < -0.4 is 0 Å². The standard InChI is InChI=1S/C86H58N2/c1-3-25-61(68-40-23-46-80-84(68)72-54-59(57-26-8-4-9-27-57)48-50-78(72)87(80)64-32-12-6-13-33-64)52-56(2)66-38-21-44-76-82(66)70-36-16-18-42-74(70)86(76)75-43-19-17-37-71(75)83-67(39-22-45-77(83)86)62-30-20-31-63(53-62)69-41-24-47-81-85(69)73-55-60(58-28-10-5-11-29-58)49-51-79(73)88(81)65-34-14-7-15-35-65/h3-55H,1H2,2H3/b56-52+,61-25+. The van der Waals surface area contributed by atoms with Gasteiger partial charge in [0, 0.05) is 32.9 Å². The fourth-order valence-corrected chi connectivity index (χ4v) is 15.3. The predicted octanol–water partition coefficient (Wildman–Crippen LogP) is 22.6. The molecular weight excluding hydrogens is 1060 g/mol. The molecule has 0 radical (unpaired) electrons. The van der Waals surface area contributed by atoms with Gasteiger partial charge in [0.1, 0.15) is 0 Å². The van der Waals surface area contributed by atoms with Crippen LogP contribution in [0.4, 0.5) is 0 Å². The predicted molar refractivity (Wildman–Crippen MR) is 371 cm³/mol. The first-order valence-electron chi connectivity index (χ1n) is 30.5. The highest BCUT2D eigenvalue weighted by atomic mass is 15.0. The third-order valence-corrected chi connectivity index (χ3v) is 18.9. The Morgan fingerprint density at radius 3 is 1.38 bits per heavy atom. The average Bonchev–Trinajstić information content (AvgIpc) is 1.51. The number of benzene rings is 13. The summed E-state index contributed by atoms with van der Waals surface area (Å²) in [5, 5.41) is 4.90. The summed E-state index contributed by atoms with van der Waals surface area (Å²) in [6.45, 7) is 6.61. The number of fused-ring (bicyclic) bond motifs is 16. The zero-order valence-electron chi connectivity index (χ0n) is 48.7. The number of allylic oxidation sites excluding steroid dienone is 5. The van der Waals surface area contributed by atoms with Crippen molar-refractivity contribution in [2.75, 3.05) is 0 Å². The molecule has 2 nitrogen and oxygen atoms in total. The van der Waals surface area contributed by atoms with Crippen molar-refractivity contribution < 1.29 is 0 Å². The van der Waals surface area contributed by atoms with E-state index in [0.717, 1.165) is 28.0 Å². The minimum Gasteiger partial charge on any atom is -0.309 e. The number of para-hydroxylation sites is 2. The smallest absolute Gasteiger partial charge is 0.0725 e. The van der Waals surface area contributed by atoms with Gasteiger partial charge < -0.3 is 9.13 Å². The molecule has 0 aliphatic heterocycles. The highest BCUT2D eigenvalue weighted by Gasteiger charge is 2.52. The van der Waals surface area contributed by atoms with Crippen LogP contribution in [0.5, 0.6) is 0 Å². The van der Waals surface area contributed by atoms with Gasteiger partial charge in [0.2, 0.25) is 0 Å². The van der Waals surface area contributed by atoms with E-state index in [2.05, 4.69) is 338 Å². The zero-order valence-corrected chi connectivity index (χ0v) is 48.7. The third-order valence-electron chi connectivity index (χ3n) is 18.9. The van der Waals surface area contributed by atoms with Crippen molar-refractivity contribution in [3.05, 3.63) is 362 Å². The Morgan fingerprint density at radius 2 is 0.761 bits per heavy atom. The van der Waals surface area contributed by atoms with E-state index in [1.54, 1.807) is 0 Å². The number of nitrogens with zero attached hydrogens (tertiary/aromatic N) is 2. The lowest BCUT2D eigenvalue weighted by Crippen LogP contribution is -2.25. The van der Waals surface area contributed by atoms with Gasteiger partial charge in [0.05, 0.1) is 27.5 Å². The molecule has 1 atom stereocenters. The number of hydrogen-bond acceptors (Lipinski definition) is 0. The van der Waals surface area contributed by atoms with Crippen molar-refractivity contribution in [1.82, 2.24) is 9.13 Å². The van der Waals surface area contributed by atoms with Gasteiger partial charge in [-0.05, 0) is 185 Å². The Kier molecular flexibility index (Phi) is 11.9. The molecule has 0 bridgehead atoms. The fourth-order valence-electron chi connectivity index (χ4n) is 15.3. The van der Waals surface area contributed by atoms with Crippen molar-refractivity contribution in [3.8, 4) is 78.1 Å². The lowest BCUT2D eigenvalue weighted by atomic mass is 9.70. The molecule has 2 aliphatic carbocycles. The lowest BCUT2D eigenvalue weighted by molar-refractivity contribution is 0.793. The summed E-state index contributed by atoms with van der Waals surface area (Å²) in [6.07, 6.45) is 6.53. The van der Waals surface area contributed by atoms with Crippen LogP contribution >= 0.6 is 0 Å². The maximum absolute atomic E-state index is 4.32. The van der Waals surface area contributed by atoms with E-state index in [-0.39, 0.29) is 0 Å². The first-order valence-corrected chi connectivity index (χ1v) is 30.5. The van der Waals surface area contributed by atoms with Crippen LogP contribution in [0.2, 0.25) is 0 Å². The summed E-state index contributed by atoms with van der Waals surface area (Å²) >= 11 is 0. The van der Waals surface area contributed by atoms with Gasteiger partial charge in [-0.2, -0.15) is 0 Å². The summed E-state index contributed by atoms with van der Waals surface area (Å²) in [7, 11) is 0. The van der Waals surface area contributed by atoms with E-state index in [1.807, 2.05) is 6.08 Å². The Morgan fingerprint density at radius 1 is 0.330 bits per heavy atom. The molecule has 17 rings (SSSR count). The molecule has 1 spiro atoms. The first-order chi connectivity index (χ1) is 43.6. The second kappa shape index (κ2) is 20.4. The van der Waals surface area contributed by atoms with Gasteiger partial charge in [0.25, 0.3) is 0 Å². The number of hydrogen-bond donors (Lipinski definition) is 0. The van der Waals surface area contributed by atoms with Crippen molar-refractivity contribution in [2.24, 2.45) is 0 Å². The zero-order chi connectivity index (χ0) is 58.5. The Labute approximate surface area is 512 Å². The minimum atomic E-state index is -0.565. The van der Waals surface area contributed by atoms with Gasteiger partial charge in [-0.25, -0.2) is 0 Å². The molecule has 88 heavy (non-hydrogen) atoms. The van der Waals surface area contributed by atoms with E-state index in [9.17, 15) is 0 Å². The van der Waals surface area contributed by atoms with Crippen LogP contribution in [-0.4, -0.2) is 9.13 Å². The van der Waals surface area contributed by atoms with Crippen molar-refractivity contribution >= 4 is 54.8 Å². The maximum Gasteiger partial charge on any atom is 0.0725 e. The molecule has 412 valence electrons. The molecule has 2 heteroatoms. The van der Waals surface area contributed by atoms with Gasteiger partial charge in [-0.15, -0.1) is 0 Å². The largest absolute Gasteiger partial charge is 0.309 e. The molecule has 0 amide bonds. The molecule has 15 aromatic rings. The van der Waals surface area contributed by atoms with Gasteiger partial charge in [0.15, 0.2) is 0 Å². The van der Waals surface area contributed by atoms with Crippen LogP contribution in [0.15, 0.2) is 328 Å². The highest BCUT2D eigenvalue weighted by molar-refractivity contribution is 6.18. The van der Waals surface area contributed by atoms with Crippen molar-refractivity contribution in [3.63, 3.8) is 0 Å². The molecule has 2 aliphatic rings.